The highest BCUT2D eigenvalue weighted by Gasteiger charge is 2.41. The van der Waals surface area contributed by atoms with E-state index >= 15 is 0 Å². The zero-order chi connectivity index (χ0) is 17.4. The Bertz CT molecular complexity index is 849. The van der Waals surface area contributed by atoms with E-state index in [1.165, 1.54) is 11.3 Å². The van der Waals surface area contributed by atoms with Crippen LogP contribution in [0.3, 0.4) is 0 Å². The van der Waals surface area contributed by atoms with Crippen molar-refractivity contribution in [3.63, 3.8) is 0 Å². The van der Waals surface area contributed by atoms with E-state index in [1.807, 2.05) is 24.3 Å². The summed E-state index contributed by atoms with van der Waals surface area (Å²) in [6.45, 7) is 0.874. The molecule has 25 heavy (non-hydrogen) atoms. The van der Waals surface area contributed by atoms with Crippen molar-refractivity contribution >= 4 is 37.3 Å². The van der Waals surface area contributed by atoms with Gasteiger partial charge in [-0.3, -0.25) is 0 Å². The molecule has 4 rings (SSSR count). The number of morpholine rings is 1. The largest absolute Gasteiger partial charge is 0.375 e. The van der Waals surface area contributed by atoms with Gasteiger partial charge in [0.05, 0.1) is 18.8 Å². The van der Waals surface area contributed by atoms with Gasteiger partial charge in [0, 0.05) is 22.0 Å². The minimum atomic E-state index is -3.58. The molecule has 0 spiro atoms. The number of benzene rings is 1. The molecule has 1 saturated carbocycles. The number of hydrogen-bond donors (Lipinski definition) is 0. The number of fused-ring (bicyclic) bond motifs is 1. The number of sulfonamides is 1. The third kappa shape index (κ3) is 3.42. The average molecular weight is 443 g/mol. The van der Waals surface area contributed by atoms with Gasteiger partial charge in [-0.05, 0) is 25.0 Å². The maximum Gasteiger partial charge on any atom is 0.261 e. The lowest BCUT2D eigenvalue weighted by Crippen LogP contribution is -2.54. The molecule has 8 heteroatoms. The summed E-state index contributed by atoms with van der Waals surface area (Å²) in [4.78, 5) is 4.43. The van der Waals surface area contributed by atoms with Crippen LogP contribution in [0.25, 0.3) is 10.6 Å². The van der Waals surface area contributed by atoms with E-state index in [1.54, 1.807) is 9.69 Å². The fourth-order valence-corrected chi connectivity index (χ4v) is 6.58. The highest BCUT2D eigenvalue weighted by atomic mass is 79.9. The van der Waals surface area contributed by atoms with E-state index in [-0.39, 0.29) is 17.2 Å². The van der Waals surface area contributed by atoms with Gasteiger partial charge in [-0.1, -0.05) is 40.9 Å². The molecule has 0 unspecified atom stereocenters. The van der Waals surface area contributed by atoms with Crippen molar-refractivity contribution < 1.29 is 13.2 Å². The van der Waals surface area contributed by atoms with Crippen LogP contribution in [0.5, 0.6) is 0 Å². The number of nitrogens with zero attached hydrogens (tertiary/aromatic N) is 2. The first-order valence-electron chi connectivity index (χ1n) is 8.40. The molecule has 2 aliphatic rings. The Balaban J connectivity index is 1.63. The third-order valence-corrected chi connectivity index (χ3v) is 8.21. The summed E-state index contributed by atoms with van der Waals surface area (Å²) < 4.78 is 34.7. The predicted molar refractivity (Wildman–Crippen MR) is 101 cm³/mol. The Hall–Kier alpha value is -0.800. The third-order valence-electron chi connectivity index (χ3n) is 4.83. The van der Waals surface area contributed by atoms with Crippen molar-refractivity contribution in [2.45, 2.75) is 42.9 Å². The van der Waals surface area contributed by atoms with Gasteiger partial charge in [0.25, 0.3) is 10.0 Å². The van der Waals surface area contributed by atoms with E-state index in [0.29, 0.717) is 13.2 Å². The molecule has 2 atom stereocenters. The molecule has 2 heterocycles. The molecule has 0 amide bonds. The first-order chi connectivity index (χ1) is 12.1. The number of hydrogen-bond acceptors (Lipinski definition) is 5. The summed E-state index contributed by atoms with van der Waals surface area (Å²) in [5.74, 6) is 0. The molecule has 2 fully saturated rings. The lowest BCUT2D eigenvalue weighted by Gasteiger charge is -2.42. The monoisotopic (exact) mass is 442 g/mol. The standard InChI is InChI=1S/C17H19BrN2O3S2/c18-13-7-5-12(6-8-13)17-19-16(11-24-17)25(21,22)20-9-10-23-15-4-2-1-3-14(15)20/h5-8,11,14-15H,1-4,9-10H2/t14-,15+/m0/s1. The molecular formula is C17H19BrN2O3S2. The Morgan fingerprint density at radius 1 is 1.20 bits per heavy atom. The second kappa shape index (κ2) is 7.08. The quantitative estimate of drug-likeness (QED) is 0.722. The summed E-state index contributed by atoms with van der Waals surface area (Å²) in [5, 5.41) is 2.53. The summed E-state index contributed by atoms with van der Waals surface area (Å²) in [6.07, 6.45) is 4.00. The van der Waals surface area contributed by atoms with Gasteiger partial charge >= 0.3 is 0 Å². The van der Waals surface area contributed by atoms with Crippen molar-refractivity contribution in [1.29, 1.82) is 0 Å². The van der Waals surface area contributed by atoms with Gasteiger partial charge in [-0.25, -0.2) is 13.4 Å². The van der Waals surface area contributed by atoms with E-state index < -0.39 is 10.0 Å². The van der Waals surface area contributed by atoms with Gasteiger partial charge in [-0.2, -0.15) is 4.31 Å². The summed E-state index contributed by atoms with van der Waals surface area (Å²) in [6, 6.07) is 7.68. The van der Waals surface area contributed by atoms with Crippen molar-refractivity contribution in [1.82, 2.24) is 9.29 Å². The van der Waals surface area contributed by atoms with Gasteiger partial charge in [0.1, 0.15) is 5.01 Å². The molecule has 134 valence electrons. The second-order valence-corrected chi connectivity index (χ2v) is 9.99. The fourth-order valence-electron chi connectivity index (χ4n) is 3.58. The van der Waals surface area contributed by atoms with Gasteiger partial charge in [0.2, 0.25) is 0 Å². The smallest absolute Gasteiger partial charge is 0.261 e. The number of ether oxygens (including phenoxy) is 1. The summed E-state index contributed by atoms with van der Waals surface area (Å²) in [7, 11) is -3.58. The number of aromatic nitrogens is 1. The maximum absolute atomic E-state index is 13.1. The molecule has 1 saturated heterocycles. The second-order valence-electron chi connectivity index (χ2n) is 6.37. The first-order valence-corrected chi connectivity index (χ1v) is 11.5. The molecule has 0 bridgehead atoms. The molecule has 0 N–H and O–H groups in total. The van der Waals surface area contributed by atoms with Crippen LogP contribution in [-0.4, -0.2) is 43.0 Å². The predicted octanol–water partition coefficient (Wildman–Crippen LogP) is 3.90. The van der Waals surface area contributed by atoms with Crippen LogP contribution in [0.2, 0.25) is 0 Å². The molecular weight excluding hydrogens is 424 g/mol. The van der Waals surface area contributed by atoms with Crippen LogP contribution in [0.4, 0.5) is 0 Å². The summed E-state index contributed by atoms with van der Waals surface area (Å²) >= 11 is 4.77. The Morgan fingerprint density at radius 2 is 1.96 bits per heavy atom. The van der Waals surface area contributed by atoms with E-state index in [4.69, 9.17) is 4.74 Å². The highest BCUT2D eigenvalue weighted by Crippen LogP contribution is 2.34. The SMILES string of the molecule is O=S(=O)(c1csc(-c2ccc(Br)cc2)n1)N1CCO[C@@H]2CCCC[C@@H]21. The van der Waals surface area contributed by atoms with E-state index in [9.17, 15) is 8.42 Å². The lowest BCUT2D eigenvalue weighted by atomic mass is 9.91. The molecule has 5 nitrogen and oxygen atoms in total. The van der Waals surface area contributed by atoms with Crippen molar-refractivity contribution in [2.75, 3.05) is 13.2 Å². The van der Waals surface area contributed by atoms with Crippen LogP contribution in [-0.2, 0) is 14.8 Å². The van der Waals surface area contributed by atoms with Gasteiger partial charge in [-0.15, -0.1) is 11.3 Å². The normalized spacial score (nSPS) is 24.8. The van der Waals surface area contributed by atoms with Crippen molar-refractivity contribution in [3.05, 3.63) is 34.1 Å². The Kier molecular flexibility index (Phi) is 4.98. The number of halogens is 1. The first kappa shape index (κ1) is 17.6. The van der Waals surface area contributed by atoms with Crippen LogP contribution < -0.4 is 0 Å². The van der Waals surface area contributed by atoms with E-state index in [2.05, 4.69) is 20.9 Å². The minimum Gasteiger partial charge on any atom is -0.375 e. The lowest BCUT2D eigenvalue weighted by molar-refractivity contribution is -0.0586. The Labute approximate surface area is 160 Å². The van der Waals surface area contributed by atoms with Crippen LogP contribution in [0.1, 0.15) is 25.7 Å². The highest BCUT2D eigenvalue weighted by molar-refractivity contribution is 9.10. The van der Waals surface area contributed by atoms with Crippen molar-refractivity contribution in [3.8, 4) is 10.6 Å². The molecule has 1 aromatic heterocycles. The van der Waals surface area contributed by atoms with Crippen LogP contribution in [0, 0.1) is 0 Å². The fraction of sp³-hybridized carbons (Fsp3) is 0.471. The van der Waals surface area contributed by atoms with Crippen LogP contribution in [0.15, 0.2) is 39.1 Å². The zero-order valence-corrected chi connectivity index (χ0v) is 16.8. The average Bonchev–Trinajstić information content (AvgIpc) is 3.13. The molecule has 1 aliphatic carbocycles. The molecule has 2 aromatic rings. The van der Waals surface area contributed by atoms with E-state index in [0.717, 1.165) is 40.7 Å². The number of rotatable bonds is 3. The molecule has 0 radical (unpaired) electrons. The van der Waals surface area contributed by atoms with Gasteiger partial charge < -0.3 is 4.74 Å². The number of thiazole rings is 1. The maximum atomic E-state index is 13.1. The Morgan fingerprint density at radius 3 is 2.76 bits per heavy atom. The minimum absolute atomic E-state index is 0.0295. The van der Waals surface area contributed by atoms with Crippen molar-refractivity contribution in [2.24, 2.45) is 0 Å². The van der Waals surface area contributed by atoms with Gasteiger partial charge in [0.15, 0.2) is 5.03 Å². The molecule has 1 aliphatic heterocycles. The zero-order valence-electron chi connectivity index (χ0n) is 13.6. The van der Waals surface area contributed by atoms with Crippen LogP contribution >= 0.6 is 27.3 Å². The summed E-state index contributed by atoms with van der Waals surface area (Å²) in [5.41, 5.74) is 0.923. The topological polar surface area (TPSA) is 59.5 Å². The molecule has 1 aromatic carbocycles.